The lowest BCUT2D eigenvalue weighted by atomic mass is 10.1. The van der Waals surface area contributed by atoms with Crippen LogP contribution in [0, 0.1) is 5.92 Å². The van der Waals surface area contributed by atoms with Crippen molar-refractivity contribution >= 4 is 10.9 Å². The van der Waals surface area contributed by atoms with Crippen LogP contribution in [0.15, 0.2) is 59.9 Å². The number of benzene rings is 1. The monoisotopic (exact) mass is 433 g/mol. The SMILES string of the molecule is Cn1cc(-n2ccc(=O)c(COc3ccc4ncc(OCC5CCOC5)cc4c3)n2)cn1. The molecule has 9 heteroatoms. The van der Waals surface area contributed by atoms with Crippen molar-refractivity contribution in [3.05, 3.63) is 71.0 Å². The molecule has 1 aliphatic heterocycles. The fourth-order valence-corrected chi connectivity index (χ4v) is 3.56. The molecule has 1 unspecified atom stereocenters. The second kappa shape index (κ2) is 8.80. The summed E-state index contributed by atoms with van der Waals surface area (Å²) in [4.78, 5) is 16.7. The van der Waals surface area contributed by atoms with E-state index in [4.69, 9.17) is 14.2 Å². The zero-order valence-electron chi connectivity index (χ0n) is 17.7. The van der Waals surface area contributed by atoms with Gasteiger partial charge in [0.25, 0.3) is 0 Å². The van der Waals surface area contributed by atoms with E-state index in [2.05, 4.69) is 15.2 Å². The Kier molecular flexibility index (Phi) is 5.55. The smallest absolute Gasteiger partial charge is 0.206 e. The van der Waals surface area contributed by atoms with Crippen molar-refractivity contribution in [3.8, 4) is 17.2 Å². The first-order valence-corrected chi connectivity index (χ1v) is 10.4. The van der Waals surface area contributed by atoms with E-state index in [-0.39, 0.29) is 12.0 Å². The molecule has 1 saturated heterocycles. The first-order valence-electron chi connectivity index (χ1n) is 10.4. The summed E-state index contributed by atoms with van der Waals surface area (Å²) in [5, 5.41) is 9.43. The van der Waals surface area contributed by atoms with Gasteiger partial charge in [0.2, 0.25) is 5.43 Å². The van der Waals surface area contributed by atoms with E-state index < -0.39 is 0 Å². The molecule has 5 rings (SSSR count). The number of rotatable bonds is 7. The van der Waals surface area contributed by atoms with Crippen LogP contribution in [-0.4, -0.2) is 44.4 Å². The summed E-state index contributed by atoms with van der Waals surface area (Å²) in [6.07, 6.45) is 7.86. The minimum absolute atomic E-state index is 0.0523. The molecule has 0 bridgehead atoms. The highest BCUT2D eigenvalue weighted by Gasteiger charge is 2.16. The van der Waals surface area contributed by atoms with Crippen molar-refractivity contribution in [2.75, 3.05) is 19.8 Å². The molecule has 0 aliphatic carbocycles. The Bertz CT molecular complexity index is 1290. The molecular weight excluding hydrogens is 410 g/mol. The standard InChI is InChI=1S/C23H23N5O4/c1-27-12-18(10-25-27)28-6-4-23(29)22(26-28)15-32-19-2-3-21-17(8-19)9-20(11-24-21)31-14-16-5-7-30-13-16/h2-4,6,8-12,16H,5,7,13-15H2,1H3. The second-order valence-electron chi connectivity index (χ2n) is 7.80. The third-order valence-electron chi connectivity index (χ3n) is 5.35. The number of fused-ring (bicyclic) bond motifs is 1. The Morgan fingerprint density at radius 3 is 2.88 bits per heavy atom. The maximum Gasteiger partial charge on any atom is 0.206 e. The molecule has 0 N–H and O–H groups in total. The van der Waals surface area contributed by atoms with E-state index in [1.165, 1.54) is 6.07 Å². The number of aryl methyl sites for hydroxylation is 1. The zero-order chi connectivity index (χ0) is 21.9. The van der Waals surface area contributed by atoms with Crippen LogP contribution < -0.4 is 14.9 Å². The van der Waals surface area contributed by atoms with Gasteiger partial charge < -0.3 is 14.2 Å². The number of nitrogens with zero attached hydrogens (tertiary/aromatic N) is 5. The third kappa shape index (κ3) is 4.47. The first kappa shape index (κ1) is 20.2. The van der Waals surface area contributed by atoms with Crippen LogP contribution in [0.4, 0.5) is 0 Å². The summed E-state index contributed by atoms with van der Waals surface area (Å²) in [5.41, 5.74) is 1.73. The van der Waals surface area contributed by atoms with Crippen LogP contribution in [0.1, 0.15) is 12.1 Å². The van der Waals surface area contributed by atoms with Crippen molar-refractivity contribution in [1.82, 2.24) is 24.5 Å². The number of aromatic nitrogens is 5. The molecule has 4 heterocycles. The Morgan fingerprint density at radius 2 is 2.06 bits per heavy atom. The van der Waals surface area contributed by atoms with Crippen molar-refractivity contribution in [2.45, 2.75) is 13.0 Å². The van der Waals surface area contributed by atoms with Gasteiger partial charge in [-0.1, -0.05) is 0 Å². The minimum Gasteiger partial charge on any atom is -0.492 e. The highest BCUT2D eigenvalue weighted by molar-refractivity contribution is 5.81. The summed E-state index contributed by atoms with van der Waals surface area (Å²) in [7, 11) is 1.82. The second-order valence-corrected chi connectivity index (χ2v) is 7.80. The Labute approximate surface area is 184 Å². The molecule has 164 valence electrons. The van der Waals surface area contributed by atoms with Crippen LogP contribution in [-0.2, 0) is 18.4 Å². The summed E-state index contributed by atoms with van der Waals surface area (Å²) in [6.45, 7) is 2.21. The summed E-state index contributed by atoms with van der Waals surface area (Å²) < 4.78 is 20.4. The molecular formula is C23H23N5O4. The molecule has 4 aromatic rings. The van der Waals surface area contributed by atoms with Crippen LogP contribution >= 0.6 is 0 Å². The molecule has 3 aromatic heterocycles. The molecule has 1 aromatic carbocycles. The molecule has 1 fully saturated rings. The number of pyridine rings is 1. The van der Waals surface area contributed by atoms with E-state index in [0.717, 1.165) is 36.2 Å². The molecule has 9 nitrogen and oxygen atoms in total. The van der Waals surface area contributed by atoms with Gasteiger partial charge in [-0.25, -0.2) is 4.68 Å². The lowest BCUT2D eigenvalue weighted by Gasteiger charge is -2.11. The average Bonchev–Trinajstić information content (AvgIpc) is 3.48. The number of hydrogen-bond acceptors (Lipinski definition) is 7. The van der Waals surface area contributed by atoms with Crippen LogP contribution in [0.5, 0.6) is 11.5 Å². The van der Waals surface area contributed by atoms with E-state index in [1.807, 2.05) is 37.5 Å². The quantitative estimate of drug-likeness (QED) is 0.442. The van der Waals surface area contributed by atoms with Gasteiger partial charge in [0.1, 0.15) is 29.5 Å². The summed E-state index contributed by atoms with van der Waals surface area (Å²) in [6, 6.07) is 9.01. The maximum absolute atomic E-state index is 12.3. The van der Waals surface area contributed by atoms with Gasteiger partial charge in [0.15, 0.2) is 0 Å². The fraction of sp³-hybridized carbons (Fsp3) is 0.304. The molecule has 32 heavy (non-hydrogen) atoms. The van der Waals surface area contributed by atoms with E-state index >= 15 is 0 Å². The van der Waals surface area contributed by atoms with E-state index in [1.54, 1.807) is 28.0 Å². The normalized spacial score (nSPS) is 15.8. The highest BCUT2D eigenvalue weighted by atomic mass is 16.5. The largest absolute Gasteiger partial charge is 0.492 e. The van der Waals surface area contributed by atoms with Crippen molar-refractivity contribution in [3.63, 3.8) is 0 Å². The lowest BCUT2D eigenvalue weighted by Crippen LogP contribution is -2.17. The van der Waals surface area contributed by atoms with Gasteiger partial charge in [-0.15, -0.1) is 0 Å². The molecule has 1 aliphatic rings. The maximum atomic E-state index is 12.3. The molecule has 0 radical (unpaired) electrons. The van der Waals surface area contributed by atoms with E-state index in [0.29, 0.717) is 29.7 Å². The summed E-state index contributed by atoms with van der Waals surface area (Å²) in [5.74, 6) is 1.76. The van der Waals surface area contributed by atoms with Crippen molar-refractivity contribution in [1.29, 1.82) is 0 Å². The Morgan fingerprint density at radius 1 is 1.16 bits per heavy atom. The van der Waals surface area contributed by atoms with Gasteiger partial charge >= 0.3 is 0 Å². The number of ether oxygens (including phenoxy) is 3. The molecule has 0 spiro atoms. The fourth-order valence-electron chi connectivity index (χ4n) is 3.56. The van der Waals surface area contributed by atoms with E-state index in [9.17, 15) is 4.79 Å². The molecule has 0 amide bonds. The third-order valence-corrected chi connectivity index (χ3v) is 5.35. The van der Waals surface area contributed by atoms with Gasteiger partial charge in [-0.2, -0.15) is 10.2 Å². The van der Waals surface area contributed by atoms with Crippen LogP contribution in [0.25, 0.3) is 16.6 Å². The van der Waals surface area contributed by atoms with Gasteiger partial charge in [-0.3, -0.25) is 14.5 Å². The van der Waals surface area contributed by atoms with Gasteiger partial charge in [0, 0.05) is 37.2 Å². The van der Waals surface area contributed by atoms with Gasteiger partial charge in [-0.05, 0) is 30.7 Å². The van der Waals surface area contributed by atoms with Crippen LogP contribution in [0.2, 0.25) is 0 Å². The molecule has 1 atom stereocenters. The van der Waals surface area contributed by atoms with Crippen molar-refractivity contribution < 1.29 is 14.2 Å². The average molecular weight is 433 g/mol. The minimum atomic E-state index is -0.181. The van der Waals surface area contributed by atoms with Crippen LogP contribution in [0.3, 0.4) is 0 Å². The Hall–Kier alpha value is -3.72. The predicted molar refractivity (Wildman–Crippen MR) is 117 cm³/mol. The predicted octanol–water partition coefficient (Wildman–Crippen LogP) is 2.51. The first-order chi connectivity index (χ1) is 15.6. The Balaban J connectivity index is 1.30. The van der Waals surface area contributed by atoms with Gasteiger partial charge in [0.05, 0.1) is 37.3 Å². The number of hydrogen-bond donors (Lipinski definition) is 0. The zero-order valence-corrected chi connectivity index (χ0v) is 17.7. The molecule has 0 saturated carbocycles. The highest BCUT2D eigenvalue weighted by Crippen LogP contribution is 2.24. The lowest BCUT2D eigenvalue weighted by molar-refractivity contribution is 0.167. The topological polar surface area (TPSA) is 93.3 Å². The van der Waals surface area contributed by atoms with Crippen molar-refractivity contribution in [2.24, 2.45) is 13.0 Å². The summed E-state index contributed by atoms with van der Waals surface area (Å²) >= 11 is 0.